The van der Waals surface area contributed by atoms with E-state index in [0.29, 0.717) is 6.42 Å². The molecule has 0 spiro atoms. The standard InChI is InChI=1S/C6H9FO2/c1-2-3-4-5(7)6(8)9/h2,5H,1,3-4H2,(H,8,9)/t5-/m0/s1. The molecule has 0 saturated heterocycles. The second-order valence-corrected chi connectivity index (χ2v) is 1.67. The Morgan fingerprint density at radius 1 is 1.89 bits per heavy atom. The Hall–Kier alpha value is -0.860. The Morgan fingerprint density at radius 3 is 2.78 bits per heavy atom. The zero-order chi connectivity index (χ0) is 7.28. The fraction of sp³-hybridized carbons (Fsp3) is 0.500. The molecule has 0 amide bonds. The van der Waals surface area contributed by atoms with Crippen LogP contribution in [0.25, 0.3) is 0 Å². The summed E-state index contributed by atoms with van der Waals surface area (Å²) in [6.07, 6.45) is 0.199. The summed E-state index contributed by atoms with van der Waals surface area (Å²) >= 11 is 0. The third kappa shape index (κ3) is 3.70. The number of halogens is 1. The molecule has 0 aromatic carbocycles. The Morgan fingerprint density at radius 2 is 2.44 bits per heavy atom. The van der Waals surface area contributed by atoms with Crippen molar-refractivity contribution in [3.63, 3.8) is 0 Å². The number of alkyl halides is 1. The Kier molecular flexibility index (Phi) is 3.67. The number of allylic oxidation sites excluding steroid dienone is 1. The van der Waals surface area contributed by atoms with E-state index in [1.807, 2.05) is 0 Å². The Bertz CT molecular complexity index is 112. The second-order valence-electron chi connectivity index (χ2n) is 1.67. The topological polar surface area (TPSA) is 37.3 Å². The quantitative estimate of drug-likeness (QED) is 0.586. The minimum atomic E-state index is -1.73. The molecular weight excluding hydrogens is 123 g/mol. The molecule has 0 aromatic rings. The van der Waals surface area contributed by atoms with E-state index < -0.39 is 12.1 Å². The van der Waals surface area contributed by atoms with E-state index in [1.165, 1.54) is 6.08 Å². The summed E-state index contributed by atoms with van der Waals surface area (Å²) in [7, 11) is 0. The zero-order valence-electron chi connectivity index (χ0n) is 5.01. The monoisotopic (exact) mass is 132 g/mol. The molecule has 0 bridgehead atoms. The van der Waals surface area contributed by atoms with Gasteiger partial charge in [-0.1, -0.05) is 6.08 Å². The number of hydrogen-bond acceptors (Lipinski definition) is 1. The number of carboxylic acid groups (broad SMARTS) is 1. The molecule has 0 fully saturated rings. The van der Waals surface area contributed by atoms with Crippen LogP contribution in [0.15, 0.2) is 12.7 Å². The highest BCUT2D eigenvalue weighted by atomic mass is 19.1. The highest BCUT2D eigenvalue weighted by Gasteiger charge is 2.12. The van der Waals surface area contributed by atoms with E-state index in [1.54, 1.807) is 0 Å². The number of carbonyl (C=O) groups is 1. The van der Waals surface area contributed by atoms with Crippen molar-refractivity contribution in [3.8, 4) is 0 Å². The van der Waals surface area contributed by atoms with Gasteiger partial charge in [-0.25, -0.2) is 9.18 Å². The van der Waals surface area contributed by atoms with E-state index in [2.05, 4.69) is 6.58 Å². The molecule has 9 heavy (non-hydrogen) atoms. The highest BCUT2D eigenvalue weighted by Crippen LogP contribution is 2.01. The van der Waals surface area contributed by atoms with E-state index in [-0.39, 0.29) is 6.42 Å². The van der Waals surface area contributed by atoms with Gasteiger partial charge in [0.25, 0.3) is 0 Å². The summed E-state index contributed by atoms with van der Waals surface area (Å²) in [6.45, 7) is 3.33. The maximum atomic E-state index is 12.1. The van der Waals surface area contributed by atoms with Crippen LogP contribution in [-0.4, -0.2) is 17.2 Å². The van der Waals surface area contributed by atoms with Crippen molar-refractivity contribution in [2.75, 3.05) is 0 Å². The van der Waals surface area contributed by atoms with Gasteiger partial charge in [0.1, 0.15) is 0 Å². The molecule has 0 heterocycles. The smallest absolute Gasteiger partial charge is 0.338 e. The van der Waals surface area contributed by atoms with Crippen LogP contribution in [0.2, 0.25) is 0 Å². The maximum absolute atomic E-state index is 12.1. The lowest BCUT2D eigenvalue weighted by molar-refractivity contribution is -0.142. The first kappa shape index (κ1) is 8.14. The Balaban J connectivity index is 3.37. The maximum Gasteiger partial charge on any atom is 0.338 e. The largest absolute Gasteiger partial charge is 0.479 e. The number of carboxylic acids is 1. The molecule has 0 saturated carbocycles. The number of aliphatic carboxylic acids is 1. The van der Waals surface area contributed by atoms with Crippen LogP contribution in [0, 0.1) is 0 Å². The van der Waals surface area contributed by atoms with E-state index >= 15 is 0 Å². The average molecular weight is 132 g/mol. The molecular formula is C6H9FO2. The molecule has 52 valence electrons. The van der Waals surface area contributed by atoms with Gasteiger partial charge in [0.05, 0.1) is 0 Å². The minimum absolute atomic E-state index is 0.0266. The van der Waals surface area contributed by atoms with E-state index in [4.69, 9.17) is 5.11 Å². The second kappa shape index (κ2) is 4.06. The summed E-state index contributed by atoms with van der Waals surface area (Å²) < 4.78 is 12.1. The predicted octanol–water partition coefficient (Wildman–Crippen LogP) is 1.38. The molecule has 0 aliphatic carbocycles. The van der Waals surface area contributed by atoms with Crippen molar-refractivity contribution in [1.29, 1.82) is 0 Å². The molecule has 1 atom stereocenters. The summed E-state index contributed by atoms with van der Waals surface area (Å²) in [6, 6.07) is 0. The van der Waals surface area contributed by atoms with E-state index in [9.17, 15) is 9.18 Å². The van der Waals surface area contributed by atoms with Crippen LogP contribution in [0.4, 0.5) is 4.39 Å². The van der Waals surface area contributed by atoms with Gasteiger partial charge in [-0.3, -0.25) is 0 Å². The molecule has 2 nitrogen and oxygen atoms in total. The zero-order valence-corrected chi connectivity index (χ0v) is 5.01. The first-order chi connectivity index (χ1) is 4.18. The van der Waals surface area contributed by atoms with Crippen molar-refractivity contribution < 1.29 is 14.3 Å². The van der Waals surface area contributed by atoms with Crippen molar-refractivity contribution >= 4 is 5.97 Å². The average Bonchev–Trinajstić information content (AvgIpc) is 1.82. The third-order valence-corrected chi connectivity index (χ3v) is 0.892. The van der Waals surface area contributed by atoms with Gasteiger partial charge >= 0.3 is 5.97 Å². The van der Waals surface area contributed by atoms with Crippen LogP contribution in [0.3, 0.4) is 0 Å². The lowest BCUT2D eigenvalue weighted by atomic mass is 10.2. The van der Waals surface area contributed by atoms with Gasteiger partial charge in [-0.15, -0.1) is 6.58 Å². The van der Waals surface area contributed by atoms with Crippen molar-refractivity contribution in [2.45, 2.75) is 19.0 Å². The molecule has 0 unspecified atom stereocenters. The summed E-state index contributed by atoms with van der Waals surface area (Å²) in [5, 5.41) is 8.00. The lowest BCUT2D eigenvalue weighted by Gasteiger charge is -1.96. The molecule has 0 aliphatic rings. The van der Waals surface area contributed by atoms with Crippen molar-refractivity contribution in [3.05, 3.63) is 12.7 Å². The van der Waals surface area contributed by atoms with Crippen LogP contribution in [0.5, 0.6) is 0 Å². The Labute approximate surface area is 53.0 Å². The van der Waals surface area contributed by atoms with Crippen LogP contribution in [-0.2, 0) is 4.79 Å². The fourth-order valence-electron chi connectivity index (χ4n) is 0.388. The van der Waals surface area contributed by atoms with E-state index in [0.717, 1.165) is 0 Å². The number of hydrogen-bond donors (Lipinski definition) is 1. The van der Waals surface area contributed by atoms with Gasteiger partial charge in [0.2, 0.25) is 0 Å². The minimum Gasteiger partial charge on any atom is -0.479 e. The van der Waals surface area contributed by atoms with Crippen molar-refractivity contribution in [2.24, 2.45) is 0 Å². The predicted molar refractivity (Wildman–Crippen MR) is 32.0 cm³/mol. The molecule has 1 N–H and O–H groups in total. The van der Waals surface area contributed by atoms with Crippen LogP contribution < -0.4 is 0 Å². The molecule has 0 radical (unpaired) electrons. The van der Waals surface area contributed by atoms with Gasteiger partial charge in [-0.05, 0) is 12.8 Å². The third-order valence-electron chi connectivity index (χ3n) is 0.892. The number of rotatable bonds is 4. The van der Waals surface area contributed by atoms with Crippen LogP contribution in [0.1, 0.15) is 12.8 Å². The van der Waals surface area contributed by atoms with Gasteiger partial charge < -0.3 is 5.11 Å². The lowest BCUT2D eigenvalue weighted by Crippen LogP contribution is -2.13. The van der Waals surface area contributed by atoms with Gasteiger partial charge in [-0.2, -0.15) is 0 Å². The van der Waals surface area contributed by atoms with Crippen LogP contribution >= 0.6 is 0 Å². The SMILES string of the molecule is C=CCC[C@H](F)C(=O)O. The molecule has 3 heteroatoms. The summed E-state index contributed by atoms with van der Waals surface area (Å²) in [4.78, 5) is 9.80. The summed E-state index contributed by atoms with van der Waals surface area (Å²) in [5.74, 6) is -1.39. The van der Waals surface area contributed by atoms with Gasteiger partial charge in [0.15, 0.2) is 6.17 Å². The normalized spacial score (nSPS) is 12.6. The van der Waals surface area contributed by atoms with Crippen molar-refractivity contribution in [1.82, 2.24) is 0 Å². The summed E-state index contributed by atoms with van der Waals surface area (Å²) in [5.41, 5.74) is 0. The first-order valence-electron chi connectivity index (χ1n) is 2.66. The highest BCUT2D eigenvalue weighted by molar-refractivity contribution is 5.71. The molecule has 0 aromatic heterocycles. The first-order valence-corrected chi connectivity index (χ1v) is 2.66. The fourth-order valence-corrected chi connectivity index (χ4v) is 0.388. The molecule has 0 aliphatic heterocycles. The van der Waals surface area contributed by atoms with Gasteiger partial charge in [0, 0.05) is 0 Å². The molecule has 0 rings (SSSR count).